The lowest BCUT2D eigenvalue weighted by Crippen LogP contribution is -2.03. The Morgan fingerprint density at radius 2 is 1.89 bits per heavy atom. The van der Waals surface area contributed by atoms with Crippen LogP contribution in [-0.4, -0.2) is 29.4 Å². The molecular weight excluding hydrogens is 232 g/mol. The van der Waals surface area contributed by atoms with Crippen LogP contribution < -0.4 is 15.2 Å². The Labute approximate surface area is 105 Å². The van der Waals surface area contributed by atoms with Crippen molar-refractivity contribution in [3.05, 3.63) is 24.0 Å². The summed E-state index contributed by atoms with van der Waals surface area (Å²) in [7, 11) is 3.17. The van der Waals surface area contributed by atoms with Crippen LogP contribution in [0.4, 0.5) is 5.82 Å². The Hall–Kier alpha value is -2.37. The average Bonchev–Trinajstić information content (AvgIpc) is 2.38. The smallest absolute Gasteiger partial charge is 0.154 e. The van der Waals surface area contributed by atoms with Gasteiger partial charge in [-0.2, -0.15) is 0 Å². The van der Waals surface area contributed by atoms with Gasteiger partial charge in [0.2, 0.25) is 0 Å². The zero-order valence-corrected chi connectivity index (χ0v) is 10.5. The number of nitrogen functional groups attached to an aromatic ring is 1. The van der Waals surface area contributed by atoms with Gasteiger partial charge in [0.15, 0.2) is 5.82 Å². The molecule has 0 radical (unpaired) electrons. The number of ether oxygens (including phenoxy) is 2. The maximum atomic E-state index is 5.85. The number of hydrogen-bond acceptors (Lipinski definition) is 6. The fourth-order valence-electron chi connectivity index (χ4n) is 1.61. The highest BCUT2D eigenvalue weighted by atomic mass is 16.5. The molecule has 18 heavy (non-hydrogen) atoms. The van der Waals surface area contributed by atoms with E-state index in [1.807, 2.05) is 6.07 Å². The van der Waals surface area contributed by atoms with Crippen molar-refractivity contribution in [3.8, 4) is 22.8 Å². The lowest BCUT2D eigenvalue weighted by molar-refractivity contribution is 0.395. The fourth-order valence-corrected chi connectivity index (χ4v) is 1.61. The van der Waals surface area contributed by atoms with Gasteiger partial charge < -0.3 is 15.2 Å². The number of rotatable bonds is 3. The van der Waals surface area contributed by atoms with Gasteiger partial charge in [0.25, 0.3) is 0 Å². The van der Waals surface area contributed by atoms with E-state index in [4.69, 9.17) is 15.2 Å². The largest absolute Gasteiger partial charge is 0.497 e. The standard InChI is InChI=1S/C12H14N4O2/c1-7-14-12(13)11(16-15-7)9-5-4-8(17-2)6-10(9)18-3/h4-6H,1-3H3,(H2,13,14,15). The SMILES string of the molecule is COc1ccc(-c2nnc(C)nc2N)c(OC)c1. The molecule has 0 aliphatic rings. The van der Waals surface area contributed by atoms with Crippen molar-refractivity contribution in [2.45, 2.75) is 6.92 Å². The summed E-state index contributed by atoms with van der Waals surface area (Å²) in [6, 6.07) is 5.38. The van der Waals surface area contributed by atoms with Crippen molar-refractivity contribution in [2.75, 3.05) is 20.0 Å². The van der Waals surface area contributed by atoms with Gasteiger partial charge in [-0.15, -0.1) is 10.2 Å². The van der Waals surface area contributed by atoms with Crippen LogP contribution in [0.25, 0.3) is 11.3 Å². The van der Waals surface area contributed by atoms with E-state index in [1.54, 1.807) is 33.3 Å². The van der Waals surface area contributed by atoms with Crippen LogP contribution in [0.15, 0.2) is 18.2 Å². The van der Waals surface area contributed by atoms with E-state index in [-0.39, 0.29) is 0 Å². The number of aromatic nitrogens is 3. The Balaban J connectivity index is 2.56. The molecule has 2 rings (SSSR count). The van der Waals surface area contributed by atoms with Crippen LogP contribution in [0.5, 0.6) is 11.5 Å². The predicted molar refractivity (Wildman–Crippen MR) is 67.5 cm³/mol. The summed E-state index contributed by atoms with van der Waals surface area (Å²) in [5.41, 5.74) is 7.08. The quantitative estimate of drug-likeness (QED) is 0.882. The molecule has 6 heteroatoms. The molecule has 0 saturated carbocycles. The Morgan fingerprint density at radius 1 is 1.11 bits per heavy atom. The summed E-state index contributed by atoms with van der Waals surface area (Å²) in [4.78, 5) is 4.09. The summed E-state index contributed by atoms with van der Waals surface area (Å²) in [6.07, 6.45) is 0. The molecule has 0 unspecified atom stereocenters. The van der Waals surface area contributed by atoms with Crippen LogP contribution in [0, 0.1) is 6.92 Å². The monoisotopic (exact) mass is 246 g/mol. The second-order valence-electron chi connectivity index (χ2n) is 3.66. The van der Waals surface area contributed by atoms with Gasteiger partial charge in [-0.3, -0.25) is 0 Å². The molecule has 94 valence electrons. The van der Waals surface area contributed by atoms with Crippen molar-refractivity contribution in [3.63, 3.8) is 0 Å². The van der Waals surface area contributed by atoms with Gasteiger partial charge in [0.05, 0.1) is 14.2 Å². The molecule has 0 bridgehead atoms. The maximum Gasteiger partial charge on any atom is 0.154 e. The molecule has 0 fully saturated rings. The van der Waals surface area contributed by atoms with E-state index in [1.165, 1.54) is 0 Å². The van der Waals surface area contributed by atoms with Gasteiger partial charge >= 0.3 is 0 Å². The van der Waals surface area contributed by atoms with Crippen LogP contribution in [0.1, 0.15) is 5.82 Å². The molecule has 6 nitrogen and oxygen atoms in total. The lowest BCUT2D eigenvalue weighted by atomic mass is 10.1. The minimum atomic E-state index is 0.325. The van der Waals surface area contributed by atoms with Gasteiger partial charge in [-0.05, 0) is 19.1 Å². The first-order valence-corrected chi connectivity index (χ1v) is 5.35. The number of benzene rings is 1. The highest BCUT2D eigenvalue weighted by molar-refractivity contribution is 5.75. The topological polar surface area (TPSA) is 83.2 Å². The zero-order valence-electron chi connectivity index (χ0n) is 10.5. The van der Waals surface area contributed by atoms with Crippen molar-refractivity contribution in [1.82, 2.24) is 15.2 Å². The van der Waals surface area contributed by atoms with Crippen LogP contribution >= 0.6 is 0 Å². The summed E-state index contributed by atoms with van der Waals surface area (Å²) in [6.45, 7) is 1.73. The van der Waals surface area contributed by atoms with E-state index in [0.29, 0.717) is 28.8 Å². The summed E-state index contributed by atoms with van der Waals surface area (Å²) >= 11 is 0. The molecule has 2 aromatic rings. The number of nitrogens with two attached hydrogens (primary N) is 1. The minimum Gasteiger partial charge on any atom is -0.497 e. The fraction of sp³-hybridized carbons (Fsp3) is 0.250. The Bertz CT molecular complexity index is 572. The molecule has 1 aromatic heterocycles. The maximum absolute atomic E-state index is 5.85. The molecule has 0 aliphatic carbocycles. The first kappa shape index (κ1) is 12.1. The van der Waals surface area contributed by atoms with E-state index in [0.717, 1.165) is 5.56 Å². The summed E-state index contributed by atoms with van der Waals surface area (Å²) in [5, 5.41) is 7.96. The second-order valence-corrected chi connectivity index (χ2v) is 3.66. The first-order chi connectivity index (χ1) is 8.65. The van der Waals surface area contributed by atoms with E-state index < -0.39 is 0 Å². The third-order valence-electron chi connectivity index (χ3n) is 2.48. The van der Waals surface area contributed by atoms with Crippen LogP contribution in [0.3, 0.4) is 0 Å². The van der Waals surface area contributed by atoms with Gasteiger partial charge in [0.1, 0.15) is 23.0 Å². The van der Waals surface area contributed by atoms with Crippen molar-refractivity contribution in [2.24, 2.45) is 0 Å². The molecule has 0 aliphatic heterocycles. The average molecular weight is 246 g/mol. The molecular formula is C12H14N4O2. The Kier molecular flexibility index (Phi) is 3.27. The van der Waals surface area contributed by atoms with E-state index in [9.17, 15) is 0 Å². The minimum absolute atomic E-state index is 0.325. The van der Waals surface area contributed by atoms with Crippen LogP contribution in [0.2, 0.25) is 0 Å². The number of anilines is 1. The molecule has 1 heterocycles. The first-order valence-electron chi connectivity index (χ1n) is 5.35. The normalized spacial score (nSPS) is 10.2. The number of aryl methyl sites for hydroxylation is 1. The molecule has 1 aromatic carbocycles. The number of hydrogen-bond donors (Lipinski definition) is 1. The summed E-state index contributed by atoms with van der Waals surface area (Å²) in [5.74, 6) is 2.16. The Morgan fingerprint density at radius 3 is 2.50 bits per heavy atom. The van der Waals surface area contributed by atoms with Gasteiger partial charge in [-0.1, -0.05) is 0 Å². The van der Waals surface area contributed by atoms with Crippen molar-refractivity contribution < 1.29 is 9.47 Å². The third-order valence-corrected chi connectivity index (χ3v) is 2.48. The number of nitrogens with zero attached hydrogens (tertiary/aromatic N) is 3. The van der Waals surface area contributed by atoms with E-state index in [2.05, 4.69) is 15.2 Å². The molecule has 0 atom stereocenters. The highest BCUT2D eigenvalue weighted by Gasteiger charge is 2.13. The van der Waals surface area contributed by atoms with Crippen molar-refractivity contribution >= 4 is 5.82 Å². The van der Waals surface area contributed by atoms with Gasteiger partial charge in [0, 0.05) is 11.6 Å². The third kappa shape index (κ3) is 2.17. The molecule has 0 amide bonds. The number of methoxy groups -OCH3 is 2. The van der Waals surface area contributed by atoms with Crippen molar-refractivity contribution in [1.29, 1.82) is 0 Å². The summed E-state index contributed by atoms with van der Waals surface area (Å²) < 4.78 is 10.4. The predicted octanol–water partition coefficient (Wildman–Crippen LogP) is 1.45. The highest BCUT2D eigenvalue weighted by Crippen LogP contribution is 2.33. The zero-order chi connectivity index (χ0) is 13.1. The van der Waals surface area contributed by atoms with Gasteiger partial charge in [-0.25, -0.2) is 4.98 Å². The van der Waals surface area contributed by atoms with E-state index >= 15 is 0 Å². The molecule has 0 spiro atoms. The second kappa shape index (κ2) is 4.87. The lowest BCUT2D eigenvalue weighted by Gasteiger charge is -2.10. The molecule has 0 saturated heterocycles. The van der Waals surface area contributed by atoms with Crippen LogP contribution in [-0.2, 0) is 0 Å². The molecule has 2 N–H and O–H groups in total.